The maximum absolute atomic E-state index is 12.5. The molecule has 1 saturated heterocycles. The number of hydrogen-bond acceptors (Lipinski definition) is 9. The van der Waals surface area contributed by atoms with Gasteiger partial charge in [0.05, 0.1) is 17.3 Å². The summed E-state index contributed by atoms with van der Waals surface area (Å²) in [5.41, 5.74) is 2.95. The molecule has 0 spiro atoms. The van der Waals surface area contributed by atoms with Gasteiger partial charge in [0.25, 0.3) is 5.91 Å². The summed E-state index contributed by atoms with van der Waals surface area (Å²) in [7, 11) is 1.87. The number of benzene rings is 1. The molecule has 4 heterocycles. The van der Waals surface area contributed by atoms with Crippen LogP contribution in [0.5, 0.6) is 0 Å². The second-order valence-corrected chi connectivity index (χ2v) is 8.90. The zero-order valence-corrected chi connectivity index (χ0v) is 18.1. The van der Waals surface area contributed by atoms with Gasteiger partial charge in [-0.15, -0.1) is 11.3 Å². The number of thiazole rings is 1. The van der Waals surface area contributed by atoms with Gasteiger partial charge < -0.3 is 25.5 Å². The third-order valence-corrected chi connectivity index (χ3v) is 6.57. The number of carbonyl (C=O) groups is 1. The number of nitrogens with one attached hydrogen (secondary N) is 2. The smallest absolute Gasteiger partial charge is 0.277 e. The second-order valence-electron chi connectivity index (χ2n) is 7.72. The summed E-state index contributed by atoms with van der Waals surface area (Å²) >= 11 is 1.46. The molecule has 0 saturated carbocycles. The van der Waals surface area contributed by atoms with Crippen molar-refractivity contribution in [2.45, 2.75) is 25.9 Å². The van der Waals surface area contributed by atoms with Crippen molar-refractivity contribution in [1.29, 1.82) is 0 Å². The molecule has 2 aliphatic heterocycles. The predicted molar refractivity (Wildman–Crippen MR) is 122 cm³/mol. The van der Waals surface area contributed by atoms with Crippen LogP contribution in [0.25, 0.3) is 0 Å². The van der Waals surface area contributed by atoms with Crippen LogP contribution in [0.4, 0.5) is 33.8 Å². The van der Waals surface area contributed by atoms with E-state index in [1.165, 1.54) is 11.3 Å². The number of aromatic nitrogens is 3. The Balaban J connectivity index is 1.36. The van der Waals surface area contributed by atoms with Gasteiger partial charge in [-0.2, -0.15) is 4.98 Å². The zero-order chi connectivity index (χ0) is 21.5. The van der Waals surface area contributed by atoms with Gasteiger partial charge in [-0.25, -0.2) is 9.97 Å². The molecule has 0 atom stereocenters. The topological polar surface area (TPSA) is 107 Å². The third-order valence-electron chi connectivity index (χ3n) is 5.52. The largest absolute Gasteiger partial charge is 0.393 e. The molecule has 10 heteroatoms. The van der Waals surface area contributed by atoms with Crippen molar-refractivity contribution < 1.29 is 9.90 Å². The summed E-state index contributed by atoms with van der Waals surface area (Å²) < 4.78 is 0. The minimum Gasteiger partial charge on any atom is -0.393 e. The Morgan fingerprint density at radius 3 is 2.68 bits per heavy atom. The highest BCUT2D eigenvalue weighted by atomic mass is 32.1. The van der Waals surface area contributed by atoms with Gasteiger partial charge in [0.2, 0.25) is 5.95 Å². The van der Waals surface area contributed by atoms with E-state index in [2.05, 4.69) is 42.6 Å². The first-order valence-corrected chi connectivity index (χ1v) is 11.0. The zero-order valence-electron chi connectivity index (χ0n) is 17.3. The maximum Gasteiger partial charge on any atom is 0.277 e. The Kier molecular flexibility index (Phi) is 4.95. The molecule has 31 heavy (non-hydrogen) atoms. The summed E-state index contributed by atoms with van der Waals surface area (Å²) in [4.78, 5) is 30.0. The van der Waals surface area contributed by atoms with E-state index >= 15 is 0 Å². The average Bonchev–Trinajstić information content (AvgIpc) is 3.13. The van der Waals surface area contributed by atoms with Crippen molar-refractivity contribution in [3.63, 3.8) is 0 Å². The minimum absolute atomic E-state index is 0.185. The number of amides is 1. The van der Waals surface area contributed by atoms with Crippen molar-refractivity contribution in [2.24, 2.45) is 0 Å². The van der Waals surface area contributed by atoms with Crippen molar-refractivity contribution in [3.05, 3.63) is 41.2 Å². The van der Waals surface area contributed by atoms with Crippen molar-refractivity contribution in [1.82, 2.24) is 15.0 Å². The highest BCUT2D eigenvalue weighted by Gasteiger charge is 2.28. The highest BCUT2D eigenvalue weighted by molar-refractivity contribution is 7.16. The lowest BCUT2D eigenvalue weighted by atomic mass is 10.1. The van der Waals surface area contributed by atoms with E-state index < -0.39 is 0 Å². The van der Waals surface area contributed by atoms with Crippen molar-refractivity contribution >= 4 is 51.1 Å². The molecule has 1 amide bonds. The molecule has 160 valence electrons. The Morgan fingerprint density at radius 1 is 1.19 bits per heavy atom. The van der Waals surface area contributed by atoms with E-state index in [9.17, 15) is 9.90 Å². The summed E-state index contributed by atoms with van der Waals surface area (Å²) in [5.74, 6) is 0.796. The first kappa shape index (κ1) is 19.7. The molecule has 1 aromatic carbocycles. The number of nitrogens with zero attached hydrogens (tertiary/aromatic N) is 5. The summed E-state index contributed by atoms with van der Waals surface area (Å²) in [5, 5.41) is 17.4. The lowest BCUT2D eigenvalue weighted by molar-refractivity contribution is 0.102. The molecular formula is C21H23N7O2S. The fourth-order valence-corrected chi connectivity index (χ4v) is 4.73. The van der Waals surface area contributed by atoms with Crippen LogP contribution >= 0.6 is 11.3 Å². The predicted octanol–water partition coefficient (Wildman–Crippen LogP) is 3.28. The van der Waals surface area contributed by atoms with E-state index in [1.54, 1.807) is 6.20 Å². The summed E-state index contributed by atoms with van der Waals surface area (Å²) in [6, 6.07) is 8.10. The average molecular weight is 438 g/mol. The van der Waals surface area contributed by atoms with Gasteiger partial charge in [-0.05, 0) is 44.0 Å². The van der Waals surface area contributed by atoms with Crippen LogP contribution in [-0.2, 0) is 0 Å². The van der Waals surface area contributed by atoms with Crippen LogP contribution in [0.3, 0.4) is 0 Å². The maximum atomic E-state index is 12.5. The SMILES string of the molecule is Cc1nc2c(s1)N(C)c1nc(Nc3ccc(N4CCC(O)CC4)cc3)ncc1NC2=O. The number of carbonyl (C=O) groups excluding carboxylic acids is 1. The lowest BCUT2D eigenvalue weighted by Crippen LogP contribution is -2.35. The highest BCUT2D eigenvalue weighted by Crippen LogP contribution is 2.39. The van der Waals surface area contributed by atoms with Gasteiger partial charge in [0.15, 0.2) is 11.5 Å². The van der Waals surface area contributed by atoms with E-state index in [-0.39, 0.29) is 12.0 Å². The Labute approximate surface area is 183 Å². The standard InChI is InChI=1S/C21H23N7O2S/c1-12-23-17-19(30)25-16-11-22-21(26-18(16)27(2)20(17)31-12)24-13-3-5-14(6-4-13)28-9-7-15(29)8-10-28/h3-6,11,15,29H,7-10H2,1-2H3,(H,25,30)(H,22,24,26). The Bertz CT molecular complexity index is 1120. The van der Waals surface area contributed by atoms with Gasteiger partial charge in [0, 0.05) is 31.5 Å². The molecule has 0 aliphatic carbocycles. The first-order valence-electron chi connectivity index (χ1n) is 10.2. The normalized spacial score (nSPS) is 16.4. The molecule has 0 unspecified atom stereocenters. The fourth-order valence-electron chi connectivity index (χ4n) is 3.85. The fraction of sp³-hybridized carbons (Fsp3) is 0.333. The number of aryl methyl sites for hydroxylation is 1. The first-order chi connectivity index (χ1) is 15.0. The van der Waals surface area contributed by atoms with Crippen LogP contribution in [0.1, 0.15) is 28.3 Å². The van der Waals surface area contributed by atoms with Crippen LogP contribution in [0.15, 0.2) is 30.5 Å². The molecule has 3 N–H and O–H groups in total. The van der Waals surface area contributed by atoms with Crippen LogP contribution in [0.2, 0.25) is 0 Å². The number of anilines is 6. The molecule has 1 fully saturated rings. The monoisotopic (exact) mass is 437 g/mol. The van der Waals surface area contributed by atoms with Crippen molar-refractivity contribution in [3.8, 4) is 0 Å². The lowest BCUT2D eigenvalue weighted by Gasteiger charge is -2.31. The number of hydrogen-bond donors (Lipinski definition) is 3. The van der Waals surface area contributed by atoms with Gasteiger partial charge in [-0.3, -0.25) is 4.79 Å². The van der Waals surface area contributed by atoms with Gasteiger partial charge in [-0.1, -0.05) is 0 Å². The number of piperidine rings is 1. The molecule has 3 aromatic rings. The van der Waals surface area contributed by atoms with E-state index in [1.807, 2.05) is 31.0 Å². The Morgan fingerprint density at radius 2 is 1.94 bits per heavy atom. The van der Waals surface area contributed by atoms with Crippen LogP contribution < -0.4 is 20.4 Å². The summed E-state index contributed by atoms with van der Waals surface area (Å²) in [6.07, 6.45) is 3.02. The molecule has 9 nitrogen and oxygen atoms in total. The van der Waals surface area contributed by atoms with Crippen molar-refractivity contribution in [2.75, 3.05) is 40.6 Å². The second kappa shape index (κ2) is 7.78. The molecule has 2 aromatic heterocycles. The van der Waals surface area contributed by atoms with E-state index in [0.717, 1.165) is 47.3 Å². The molecule has 5 rings (SSSR count). The van der Waals surface area contributed by atoms with Gasteiger partial charge >= 0.3 is 0 Å². The van der Waals surface area contributed by atoms with E-state index in [0.29, 0.717) is 23.1 Å². The number of fused-ring (bicyclic) bond motifs is 2. The number of aliphatic hydroxyl groups is 1. The Hall–Kier alpha value is -3.24. The molecule has 0 radical (unpaired) electrons. The molecule has 2 aliphatic rings. The van der Waals surface area contributed by atoms with Gasteiger partial charge in [0.1, 0.15) is 10.7 Å². The molecule has 0 bridgehead atoms. The summed E-state index contributed by atoms with van der Waals surface area (Å²) in [6.45, 7) is 3.60. The minimum atomic E-state index is -0.255. The van der Waals surface area contributed by atoms with E-state index in [4.69, 9.17) is 0 Å². The number of rotatable bonds is 3. The van der Waals surface area contributed by atoms with Crippen LogP contribution in [0, 0.1) is 6.92 Å². The third kappa shape index (κ3) is 3.79. The van der Waals surface area contributed by atoms with Crippen LogP contribution in [-0.4, -0.2) is 52.2 Å². The molecular weight excluding hydrogens is 414 g/mol. The number of aliphatic hydroxyl groups excluding tert-OH is 1. The quantitative estimate of drug-likeness (QED) is 0.573.